The Labute approximate surface area is 168 Å². The van der Waals surface area contributed by atoms with Gasteiger partial charge in [0.05, 0.1) is 37.9 Å². The molecule has 0 amide bonds. The van der Waals surface area contributed by atoms with Crippen molar-refractivity contribution in [1.82, 2.24) is 0 Å². The molecule has 0 bridgehead atoms. The molecular weight excluding hydrogens is 384 g/mol. The van der Waals surface area contributed by atoms with E-state index < -0.39 is 18.0 Å². The Morgan fingerprint density at radius 3 is 1.72 bits per heavy atom. The van der Waals surface area contributed by atoms with Gasteiger partial charge >= 0.3 is 11.9 Å². The fourth-order valence-corrected chi connectivity index (χ4v) is 1.44. The first-order valence-electron chi connectivity index (χ1n) is 8.54. The van der Waals surface area contributed by atoms with Crippen molar-refractivity contribution in [2.45, 2.75) is 26.1 Å². The largest absolute Gasteiger partial charge is 0.478 e. The van der Waals surface area contributed by atoms with E-state index in [0.29, 0.717) is 18.1 Å². The third-order valence-corrected chi connectivity index (χ3v) is 2.75. The van der Waals surface area contributed by atoms with Gasteiger partial charge in [-0.2, -0.15) is 0 Å². The highest BCUT2D eigenvalue weighted by Crippen LogP contribution is 2.02. The van der Waals surface area contributed by atoms with Crippen LogP contribution in [0.5, 0.6) is 0 Å². The van der Waals surface area contributed by atoms with Gasteiger partial charge in [-0.15, -0.1) is 0 Å². The van der Waals surface area contributed by atoms with Crippen molar-refractivity contribution in [3.8, 4) is 0 Å². The van der Waals surface area contributed by atoms with Gasteiger partial charge in [-0.1, -0.05) is 0 Å². The van der Waals surface area contributed by atoms with Gasteiger partial charge in [0.2, 0.25) is 0 Å². The molecule has 9 nitrogen and oxygen atoms in total. The molecule has 0 spiro atoms. The minimum Gasteiger partial charge on any atom is -0.478 e. The van der Waals surface area contributed by atoms with E-state index in [9.17, 15) is 9.59 Å². The van der Waals surface area contributed by atoms with Crippen molar-refractivity contribution in [2.75, 3.05) is 13.2 Å². The lowest BCUT2D eigenvalue weighted by Gasteiger charge is -2.10. The predicted molar refractivity (Wildman–Crippen MR) is 105 cm³/mol. The van der Waals surface area contributed by atoms with Crippen LogP contribution in [-0.2, 0) is 14.3 Å². The van der Waals surface area contributed by atoms with Crippen LogP contribution in [0.3, 0.4) is 0 Å². The summed E-state index contributed by atoms with van der Waals surface area (Å²) in [4.78, 5) is 19.9. The summed E-state index contributed by atoms with van der Waals surface area (Å²) in [5.41, 5.74) is 0. The molecule has 0 radical (unpaired) electrons. The zero-order valence-corrected chi connectivity index (χ0v) is 16.2. The van der Waals surface area contributed by atoms with Gasteiger partial charge in [0, 0.05) is 12.2 Å². The number of ether oxygens (including phenoxy) is 1. The average Bonchev–Trinajstić information content (AvgIpc) is 3.37. The van der Waals surface area contributed by atoms with E-state index in [1.807, 2.05) is 0 Å². The summed E-state index contributed by atoms with van der Waals surface area (Å²) in [6.45, 7) is 3.70. The molecule has 160 valence electrons. The highest BCUT2D eigenvalue weighted by atomic mass is 16.5. The number of aliphatic carboxylic acids is 2. The molecule has 2 heterocycles. The second-order valence-electron chi connectivity index (χ2n) is 5.55. The molecule has 4 N–H and O–H groups in total. The maximum atomic E-state index is 9.97. The topological polar surface area (TPSA) is 151 Å². The maximum absolute atomic E-state index is 9.97. The molecule has 0 fully saturated rings. The summed E-state index contributed by atoms with van der Waals surface area (Å²) in [5.74, 6) is -0.863. The summed E-state index contributed by atoms with van der Waals surface area (Å²) >= 11 is 0. The number of carboxylic acid groups (broad SMARTS) is 2. The number of aliphatic hydroxyl groups excluding tert-OH is 2. The molecule has 0 saturated heterocycles. The SMILES string of the molecule is CC(O)COC(C)CO.O=C(O)C=Cc1ccco1.O=C(O)C=Cc1ccco1. The van der Waals surface area contributed by atoms with Crippen molar-refractivity contribution in [2.24, 2.45) is 0 Å². The van der Waals surface area contributed by atoms with Gasteiger partial charge in [-0.25, -0.2) is 9.59 Å². The van der Waals surface area contributed by atoms with Gasteiger partial charge < -0.3 is 34.0 Å². The van der Waals surface area contributed by atoms with Crippen LogP contribution >= 0.6 is 0 Å². The lowest BCUT2D eigenvalue weighted by atomic mass is 10.4. The number of carbonyl (C=O) groups is 2. The first kappa shape index (κ1) is 25.9. The van der Waals surface area contributed by atoms with Crippen molar-refractivity contribution < 1.29 is 43.6 Å². The zero-order chi connectivity index (χ0) is 22.1. The number of furan rings is 2. The van der Waals surface area contributed by atoms with Crippen LogP contribution in [0.25, 0.3) is 12.2 Å². The molecule has 2 aromatic rings. The Bertz CT molecular complexity index is 659. The molecular formula is C20H26O9. The van der Waals surface area contributed by atoms with Gasteiger partial charge in [0.1, 0.15) is 11.5 Å². The van der Waals surface area contributed by atoms with Crippen molar-refractivity contribution in [3.05, 3.63) is 60.5 Å². The molecule has 9 heteroatoms. The second-order valence-corrected chi connectivity index (χ2v) is 5.55. The van der Waals surface area contributed by atoms with Crippen molar-refractivity contribution in [1.29, 1.82) is 0 Å². The summed E-state index contributed by atoms with van der Waals surface area (Å²) < 4.78 is 14.6. The van der Waals surface area contributed by atoms with E-state index in [2.05, 4.69) is 0 Å². The summed E-state index contributed by atoms with van der Waals surface area (Å²) in [6, 6.07) is 6.75. The maximum Gasteiger partial charge on any atom is 0.328 e. The average molecular weight is 410 g/mol. The first-order valence-corrected chi connectivity index (χ1v) is 8.54. The molecule has 2 aromatic heterocycles. The van der Waals surface area contributed by atoms with E-state index in [1.54, 1.807) is 38.1 Å². The molecule has 2 atom stereocenters. The molecule has 0 saturated carbocycles. The minimum atomic E-state index is -0.976. The van der Waals surface area contributed by atoms with E-state index in [0.717, 1.165) is 12.2 Å². The Balaban J connectivity index is 0.000000407. The van der Waals surface area contributed by atoms with Crippen molar-refractivity contribution >= 4 is 24.1 Å². The molecule has 2 rings (SSSR count). The number of hydrogen-bond acceptors (Lipinski definition) is 7. The molecule has 0 aliphatic rings. The summed E-state index contributed by atoms with van der Waals surface area (Å²) in [7, 11) is 0. The van der Waals surface area contributed by atoms with E-state index in [4.69, 9.17) is 34.0 Å². The number of rotatable bonds is 8. The fourth-order valence-electron chi connectivity index (χ4n) is 1.44. The van der Waals surface area contributed by atoms with E-state index in [-0.39, 0.29) is 12.7 Å². The molecule has 0 aromatic carbocycles. The lowest BCUT2D eigenvalue weighted by molar-refractivity contribution is -0.132. The van der Waals surface area contributed by atoms with Crippen LogP contribution in [0.1, 0.15) is 25.4 Å². The minimum absolute atomic E-state index is 0.00667. The number of aliphatic hydroxyl groups is 2. The van der Waals surface area contributed by atoms with Gasteiger partial charge in [-0.3, -0.25) is 0 Å². The highest BCUT2D eigenvalue weighted by Gasteiger charge is 2.00. The number of carboxylic acids is 2. The molecule has 0 aliphatic heterocycles. The Morgan fingerprint density at radius 2 is 1.45 bits per heavy atom. The first-order chi connectivity index (χ1) is 13.7. The van der Waals surface area contributed by atoms with E-state index in [1.165, 1.54) is 24.7 Å². The Morgan fingerprint density at radius 1 is 1.00 bits per heavy atom. The lowest BCUT2D eigenvalue weighted by Crippen LogP contribution is -2.19. The van der Waals surface area contributed by atoms with Crippen LogP contribution in [0.2, 0.25) is 0 Å². The van der Waals surface area contributed by atoms with Gasteiger partial charge in [0.25, 0.3) is 0 Å². The van der Waals surface area contributed by atoms with Crippen LogP contribution in [-0.4, -0.2) is 57.8 Å². The second kappa shape index (κ2) is 15.9. The molecule has 0 aliphatic carbocycles. The van der Waals surface area contributed by atoms with Crippen molar-refractivity contribution in [3.63, 3.8) is 0 Å². The van der Waals surface area contributed by atoms with Crippen LogP contribution in [0.4, 0.5) is 0 Å². The highest BCUT2D eigenvalue weighted by molar-refractivity contribution is 5.85. The quantitative estimate of drug-likeness (QED) is 0.481. The third-order valence-electron chi connectivity index (χ3n) is 2.75. The summed E-state index contributed by atoms with van der Waals surface area (Å²) in [5, 5.41) is 33.5. The summed E-state index contributed by atoms with van der Waals surface area (Å²) in [6.07, 6.45) is 7.20. The van der Waals surface area contributed by atoms with Crippen LogP contribution < -0.4 is 0 Å². The predicted octanol–water partition coefficient (Wildman–Crippen LogP) is 2.52. The standard InChI is InChI=1S/2C7H6O3.C6H14O3/c2*8-7(9)4-3-6-2-1-5-10-6;1-5(8)4-9-6(2)3-7/h2*1-5H,(H,8,9);5-8H,3-4H2,1-2H3. The molecule has 2 unspecified atom stereocenters. The van der Waals surface area contributed by atoms with Gasteiger partial charge in [0.15, 0.2) is 0 Å². The van der Waals surface area contributed by atoms with Crippen LogP contribution in [0, 0.1) is 0 Å². The monoisotopic (exact) mass is 410 g/mol. The molecule has 29 heavy (non-hydrogen) atoms. The van der Waals surface area contributed by atoms with Crippen LogP contribution in [0.15, 0.2) is 57.8 Å². The number of hydrogen-bond donors (Lipinski definition) is 4. The Kier molecular flexibility index (Phi) is 14.2. The normalized spacial score (nSPS) is 12.6. The van der Waals surface area contributed by atoms with Gasteiger partial charge in [-0.05, 0) is 50.3 Å². The Hall–Kier alpha value is -3.14. The smallest absolute Gasteiger partial charge is 0.328 e. The fraction of sp³-hybridized carbons (Fsp3) is 0.300. The third kappa shape index (κ3) is 16.7. The zero-order valence-electron chi connectivity index (χ0n) is 16.2. The van der Waals surface area contributed by atoms with E-state index >= 15 is 0 Å².